The van der Waals surface area contributed by atoms with Gasteiger partial charge in [-0.2, -0.15) is 0 Å². The number of carbonyl (C=O) groups is 2. The molecule has 2 aromatic heterocycles. The number of rotatable bonds is 6. The fourth-order valence-corrected chi connectivity index (χ4v) is 4.46. The van der Waals surface area contributed by atoms with Crippen molar-refractivity contribution in [1.82, 2.24) is 25.1 Å². The van der Waals surface area contributed by atoms with Gasteiger partial charge in [-0.15, -0.1) is 5.10 Å². The minimum atomic E-state index is -0.763. The van der Waals surface area contributed by atoms with Gasteiger partial charge >= 0.3 is 0 Å². The number of carbonyl (C=O) groups excluding carboxylic acids is 2. The molecule has 3 heterocycles. The molecule has 0 spiro atoms. The number of anilines is 1. The predicted octanol–water partition coefficient (Wildman–Crippen LogP) is 2.59. The number of nitrogens with one attached hydrogen (secondary N) is 2. The quantitative estimate of drug-likeness (QED) is 0.438. The molecule has 0 aliphatic carbocycles. The molecule has 0 fully saturated rings. The third kappa shape index (κ3) is 3.90. The van der Waals surface area contributed by atoms with E-state index in [4.69, 9.17) is 6.57 Å². The van der Waals surface area contributed by atoms with Crippen LogP contribution in [0.4, 0.5) is 5.69 Å². The molecule has 0 saturated heterocycles. The van der Waals surface area contributed by atoms with Crippen LogP contribution >= 0.6 is 0 Å². The lowest BCUT2D eigenvalue weighted by Crippen LogP contribution is -2.48. The maximum Gasteiger partial charge on any atom is 0.291 e. The first-order valence-electron chi connectivity index (χ1n) is 11.0. The minimum Gasteiger partial charge on any atom is -0.340 e. The van der Waals surface area contributed by atoms with Crippen LogP contribution in [-0.4, -0.2) is 51.2 Å². The van der Waals surface area contributed by atoms with E-state index in [1.807, 2.05) is 59.3 Å². The van der Waals surface area contributed by atoms with Crippen LogP contribution in [0.5, 0.6) is 0 Å². The molecule has 2 amide bonds. The first-order chi connectivity index (χ1) is 16.5. The maximum absolute atomic E-state index is 13.2. The van der Waals surface area contributed by atoms with Crippen LogP contribution < -0.4 is 10.2 Å². The Bertz CT molecular complexity index is 1410. The lowest BCUT2D eigenvalue weighted by Gasteiger charge is -2.22. The number of aromatic amines is 1. The number of hydrogen-bond acceptors (Lipinski definition) is 4. The van der Waals surface area contributed by atoms with Crippen molar-refractivity contribution in [2.24, 2.45) is 0 Å². The highest BCUT2D eigenvalue weighted by Crippen LogP contribution is 2.34. The number of amides is 2. The summed E-state index contributed by atoms with van der Waals surface area (Å²) < 4.78 is 2.04. The molecule has 9 heteroatoms. The van der Waals surface area contributed by atoms with Gasteiger partial charge < -0.3 is 19.6 Å². The SMILES string of the molecule is [C-]#[N+]CCn1cc2c3c(cccc31)N(C)C(=O)[C@@H](NC(=O)c1n[nH]c(Cc3ccccc3)n1)C2. The van der Waals surface area contributed by atoms with Crippen molar-refractivity contribution in [1.29, 1.82) is 0 Å². The molecule has 5 rings (SSSR count). The van der Waals surface area contributed by atoms with Crippen molar-refractivity contribution in [3.8, 4) is 0 Å². The summed E-state index contributed by atoms with van der Waals surface area (Å²) in [7, 11) is 1.71. The van der Waals surface area contributed by atoms with Crippen LogP contribution in [0.2, 0.25) is 0 Å². The highest BCUT2D eigenvalue weighted by molar-refractivity contribution is 6.09. The van der Waals surface area contributed by atoms with E-state index in [-0.39, 0.29) is 11.7 Å². The van der Waals surface area contributed by atoms with Gasteiger partial charge in [-0.05, 0) is 23.3 Å². The van der Waals surface area contributed by atoms with Crippen molar-refractivity contribution < 1.29 is 9.59 Å². The second kappa shape index (κ2) is 8.83. The van der Waals surface area contributed by atoms with Crippen LogP contribution in [-0.2, 0) is 24.2 Å². The Balaban J connectivity index is 1.38. The molecule has 1 atom stereocenters. The molecule has 1 aliphatic rings. The number of H-pyrrole nitrogens is 1. The van der Waals surface area contributed by atoms with Crippen LogP contribution in [0.3, 0.4) is 0 Å². The van der Waals surface area contributed by atoms with Gasteiger partial charge in [0.15, 0.2) is 0 Å². The molecule has 170 valence electrons. The monoisotopic (exact) mass is 453 g/mol. The molecule has 2 aromatic carbocycles. The molecule has 9 nitrogen and oxygen atoms in total. The molecule has 34 heavy (non-hydrogen) atoms. The molecule has 1 aliphatic heterocycles. The summed E-state index contributed by atoms with van der Waals surface area (Å²) >= 11 is 0. The molecular formula is C25H23N7O2. The standard InChI is InChI=1S/C25H23N7O2/c1-26-11-12-32-15-17-14-18(25(34)31(2)19-9-6-10-20(32)22(17)19)27-24(33)23-28-21(29-30-23)13-16-7-4-3-5-8-16/h3-10,15,18H,11-14H2,2H3,(H,27,33)(H,28,29,30)/t18-/m0/s1. The van der Waals surface area contributed by atoms with Crippen LogP contribution in [0.15, 0.2) is 54.7 Å². The molecule has 4 aromatic rings. The normalized spacial score (nSPS) is 15.2. The molecule has 2 N–H and O–H groups in total. The van der Waals surface area contributed by atoms with E-state index in [1.54, 1.807) is 11.9 Å². The lowest BCUT2D eigenvalue weighted by molar-refractivity contribution is -0.120. The zero-order chi connectivity index (χ0) is 23.7. The third-order valence-electron chi connectivity index (χ3n) is 6.08. The maximum atomic E-state index is 13.2. The van der Waals surface area contributed by atoms with Crippen molar-refractivity contribution >= 4 is 28.4 Å². The topological polar surface area (TPSA) is 100 Å². The Morgan fingerprint density at radius 3 is 2.85 bits per heavy atom. The molecule has 0 unspecified atom stereocenters. The fraction of sp³-hybridized carbons (Fsp3) is 0.240. The predicted molar refractivity (Wildman–Crippen MR) is 127 cm³/mol. The van der Waals surface area contributed by atoms with E-state index < -0.39 is 11.9 Å². The van der Waals surface area contributed by atoms with Gasteiger partial charge in [0.1, 0.15) is 11.9 Å². The summed E-state index contributed by atoms with van der Waals surface area (Å²) in [6.07, 6.45) is 2.85. The number of hydrogen-bond donors (Lipinski definition) is 2. The first kappa shape index (κ1) is 21.4. The largest absolute Gasteiger partial charge is 0.340 e. The summed E-state index contributed by atoms with van der Waals surface area (Å²) in [5, 5.41) is 10.7. The van der Waals surface area contributed by atoms with E-state index >= 15 is 0 Å². The Morgan fingerprint density at radius 2 is 2.06 bits per heavy atom. The summed E-state index contributed by atoms with van der Waals surface area (Å²) in [6.45, 7) is 8.05. The molecule has 0 bridgehead atoms. The fourth-order valence-electron chi connectivity index (χ4n) is 4.46. The van der Waals surface area contributed by atoms with E-state index in [1.165, 1.54) is 0 Å². The third-order valence-corrected chi connectivity index (χ3v) is 6.08. The van der Waals surface area contributed by atoms with Gasteiger partial charge in [0.05, 0.1) is 17.7 Å². The second-order valence-corrected chi connectivity index (χ2v) is 8.30. The zero-order valence-corrected chi connectivity index (χ0v) is 18.7. The summed E-state index contributed by atoms with van der Waals surface area (Å²) in [4.78, 5) is 35.5. The number of aromatic nitrogens is 4. The van der Waals surface area contributed by atoms with Gasteiger partial charge in [-0.1, -0.05) is 36.4 Å². The van der Waals surface area contributed by atoms with Crippen LogP contribution in [0.1, 0.15) is 27.6 Å². The van der Waals surface area contributed by atoms with Gasteiger partial charge in [0, 0.05) is 31.5 Å². The van der Waals surface area contributed by atoms with Crippen LogP contribution in [0, 0.1) is 6.57 Å². The number of nitrogens with zero attached hydrogens (tertiary/aromatic N) is 5. The highest BCUT2D eigenvalue weighted by Gasteiger charge is 2.32. The average Bonchev–Trinajstić information content (AvgIpc) is 3.44. The summed E-state index contributed by atoms with van der Waals surface area (Å²) in [5.41, 5.74) is 3.77. The van der Waals surface area contributed by atoms with Crippen molar-refractivity contribution in [2.75, 3.05) is 18.5 Å². The van der Waals surface area contributed by atoms with Gasteiger partial charge in [-0.3, -0.25) is 14.7 Å². The van der Waals surface area contributed by atoms with Crippen molar-refractivity contribution in [3.63, 3.8) is 0 Å². The molecule has 0 radical (unpaired) electrons. The Morgan fingerprint density at radius 1 is 1.24 bits per heavy atom. The molecule has 0 saturated carbocycles. The first-order valence-corrected chi connectivity index (χ1v) is 11.0. The van der Waals surface area contributed by atoms with Crippen LogP contribution in [0.25, 0.3) is 15.7 Å². The van der Waals surface area contributed by atoms with E-state index in [0.717, 1.165) is 27.7 Å². The Hall–Kier alpha value is -4.45. The Kier molecular flexibility index (Phi) is 5.55. The van der Waals surface area contributed by atoms with Gasteiger partial charge in [0.2, 0.25) is 18.3 Å². The second-order valence-electron chi connectivity index (χ2n) is 8.30. The van der Waals surface area contributed by atoms with E-state index in [9.17, 15) is 9.59 Å². The lowest BCUT2D eigenvalue weighted by atomic mass is 10.1. The minimum absolute atomic E-state index is 0.00270. The molecular weight excluding hydrogens is 430 g/mol. The van der Waals surface area contributed by atoms with Crippen molar-refractivity contribution in [2.45, 2.75) is 25.4 Å². The zero-order valence-electron chi connectivity index (χ0n) is 18.7. The van der Waals surface area contributed by atoms with E-state index in [2.05, 4.69) is 25.3 Å². The van der Waals surface area contributed by atoms with Gasteiger partial charge in [-0.25, -0.2) is 11.6 Å². The average molecular weight is 454 g/mol. The van der Waals surface area contributed by atoms with Gasteiger partial charge in [0.25, 0.3) is 5.91 Å². The Labute approximate surface area is 196 Å². The highest BCUT2D eigenvalue weighted by atomic mass is 16.2. The number of benzene rings is 2. The van der Waals surface area contributed by atoms with Crippen molar-refractivity contribution in [3.05, 3.63) is 88.9 Å². The van der Waals surface area contributed by atoms with E-state index in [0.29, 0.717) is 31.8 Å². The smallest absolute Gasteiger partial charge is 0.291 e. The summed E-state index contributed by atoms with van der Waals surface area (Å²) in [6, 6.07) is 14.8. The summed E-state index contributed by atoms with van der Waals surface area (Å²) in [5.74, 6) is -0.128. The number of likely N-dealkylation sites (N-methyl/N-ethyl adjacent to an activating group) is 1.